The molecule has 1 aromatic carbocycles. The van der Waals surface area contributed by atoms with E-state index in [0.717, 1.165) is 14.7 Å². The van der Waals surface area contributed by atoms with Crippen molar-refractivity contribution in [2.75, 3.05) is 0 Å². The molecule has 2 rings (SSSR count). The normalized spacial score (nSPS) is 12.4. The van der Waals surface area contributed by atoms with Gasteiger partial charge in [-0.2, -0.15) is 0 Å². The fourth-order valence-corrected chi connectivity index (χ4v) is 2.46. The molecule has 2 nitrogen and oxygen atoms in total. The van der Waals surface area contributed by atoms with Gasteiger partial charge in [0.25, 0.3) is 0 Å². The Morgan fingerprint density at radius 1 is 1.24 bits per heavy atom. The predicted octanol–water partition coefficient (Wildman–Crippen LogP) is 3.10. The highest BCUT2D eigenvalue weighted by Crippen LogP contribution is 2.23. The van der Waals surface area contributed by atoms with Gasteiger partial charge in [-0.05, 0) is 58.0 Å². The van der Waals surface area contributed by atoms with Crippen LogP contribution in [0.15, 0.2) is 42.7 Å². The van der Waals surface area contributed by atoms with Gasteiger partial charge in [0.1, 0.15) is 5.82 Å². The highest BCUT2D eigenvalue weighted by atomic mass is 127. The third kappa shape index (κ3) is 3.23. The summed E-state index contributed by atoms with van der Waals surface area (Å²) in [6.07, 6.45) is 3.27. The molecule has 1 heterocycles. The Labute approximate surface area is 113 Å². The molecule has 4 heteroatoms. The minimum absolute atomic E-state index is 0.283. The zero-order chi connectivity index (χ0) is 12.3. The lowest BCUT2D eigenvalue weighted by molar-refractivity contribution is 0.177. The summed E-state index contributed by atoms with van der Waals surface area (Å²) in [5, 5.41) is 10.1. The van der Waals surface area contributed by atoms with Gasteiger partial charge in [-0.1, -0.05) is 6.07 Å². The van der Waals surface area contributed by atoms with Crippen LogP contribution < -0.4 is 0 Å². The van der Waals surface area contributed by atoms with Crippen LogP contribution in [0.2, 0.25) is 0 Å². The molecule has 0 amide bonds. The van der Waals surface area contributed by atoms with Crippen LogP contribution in [-0.2, 0) is 6.42 Å². The van der Waals surface area contributed by atoms with Crippen LogP contribution >= 0.6 is 22.6 Å². The summed E-state index contributed by atoms with van der Waals surface area (Å²) >= 11 is 2.03. The van der Waals surface area contributed by atoms with Crippen molar-refractivity contribution in [2.24, 2.45) is 0 Å². The van der Waals surface area contributed by atoms with E-state index in [4.69, 9.17) is 0 Å². The van der Waals surface area contributed by atoms with Gasteiger partial charge in [-0.25, -0.2) is 4.39 Å². The largest absolute Gasteiger partial charge is 0.388 e. The maximum atomic E-state index is 12.9. The van der Waals surface area contributed by atoms with Gasteiger partial charge in [0.15, 0.2) is 0 Å². The third-order valence-corrected chi connectivity index (χ3v) is 3.43. The van der Waals surface area contributed by atoms with E-state index in [0.29, 0.717) is 6.42 Å². The van der Waals surface area contributed by atoms with Gasteiger partial charge in [-0.15, -0.1) is 0 Å². The fraction of sp³-hybridized carbons (Fsp3) is 0.154. The summed E-state index contributed by atoms with van der Waals surface area (Å²) in [5.41, 5.74) is 1.76. The smallest absolute Gasteiger partial charge is 0.124 e. The highest BCUT2D eigenvalue weighted by Gasteiger charge is 2.12. The molecule has 1 N–H and O–H groups in total. The van der Waals surface area contributed by atoms with Crippen LogP contribution in [0, 0.1) is 9.39 Å². The highest BCUT2D eigenvalue weighted by molar-refractivity contribution is 14.1. The van der Waals surface area contributed by atoms with E-state index in [1.165, 1.54) is 12.1 Å². The van der Waals surface area contributed by atoms with Crippen molar-refractivity contribution in [3.05, 3.63) is 63.2 Å². The number of aliphatic hydroxyl groups is 1. The van der Waals surface area contributed by atoms with Crippen molar-refractivity contribution in [1.82, 2.24) is 4.98 Å². The number of hydrogen-bond donors (Lipinski definition) is 1. The molecule has 0 fully saturated rings. The minimum atomic E-state index is -0.620. The quantitative estimate of drug-likeness (QED) is 0.869. The maximum absolute atomic E-state index is 12.9. The zero-order valence-corrected chi connectivity index (χ0v) is 11.1. The van der Waals surface area contributed by atoms with Gasteiger partial charge >= 0.3 is 0 Å². The van der Waals surface area contributed by atoms with Crippen molar-refractivity contribution >= 4 is 22.6 Å². The molecular formula is C13H11FINO. The Hall–Kier alpha value is -1.01. The monoisotopic (exact) mass is 343 g/mol. The first kappa shape index (κ1) is 12.4. The minimum Gasteiger partial charge on any atom is -0.388 e. The van der Waals surface area contributed by atoms with Crippen LogP contribution in [-0.4, -0.2) is 10.1 Å². The molecular weight excluding hydrogens is 332 g/mol. The molecule has 0 aliphatic rings. The Morgan fingerprint density at radius 3 is 2.59 bits per heavy atom. The van der Waals surface area contributed by atoms with Crippen LogP contribution in [0.1, 0.15) is 17.2 Å². The number of aromatic nitrogens is 1. The number of hydrogen-bond acceptors (Lipinski definition) is 2. The zero-order valence-electron chi connectivity index (χ0n) is 8.98. The summed E-state index contributed by atoms with van der Waals surface area (Å²) in [6.45, 7) is 0. The standard InChI is InChI=1S/C13H11FINO/c14-10-1-2-11(12(15)8-10)13(17)7-9-3-5-16-6-4-9/h1-6,8,13,17H,7H2. The van der Waals surface area contributed by atoms with E-state index in [-0.39, 0.29) is 5.82 Å². The van der Waals surface area contributed by atoms with Gasteiger partial charge in [-0.3, -0.25) is 4.98 Å². The van der Waals surface area contributed by atoms with Gasteiger partial charge < -0.3 is 5.11 Å². The first-order chi connectivity index (χ1) is 8.16. The van der Waals surface area contributed by atoms with E-state index >= 15 is 0 Å². The molecule has 0 saturated heterocycles. The lowest BCUT2D eigenvalue weighted by Crippen LogP contribution is -2.04. The number of halogens is 2. The van der Waals surface area contributed by atoms with Crippen molar-refractivity contribution in [3.8, 4) is 0 Å². The average Bonchev–Trinajstić information content (AvgIpc) is 2.30. The Kier molecular flexibility index (Phi) is 4.06. The van der Waals surface area contributed by atoms with Crippen LogP contribution in [0.4, 0.5) is 4.39 Å². The molecule has 88 valence electrons. The van der Waals surface area contributed by atoms with Crippen molar-refractivity contribution in [3.63, 3.8) is 0 Å². The van der Waals surface area contributed by atoms with Gasteiger partial charge in [0.05, 0.1) is 6.10 Å². The summed E-state index contributed by atoms with van der Waals surface area (Å²) < 4.78 is 13.7. The number of aliphatic hydroxyl groups excluding tert-OH is 1. The molecule has 1 unspecified atom stereocenters. The van der Waals surface area contributed by atoms with Gasteiger partial charge in [0.2, 0.25) is 0 Å². The second-order valence-electron chi connectivity index (χ2n) is 3.74. The summed E-state index contributed by atoms with van der Waals surface area (Å²) in [6, 6.07) is 8.14. The molecule has 0 radical (unpaired) electrons. The van der Waals surface area contributed by atoms with Crippen LogP contribution in [0.3, 0.4) is 0 Å². The van der Waals surface area contributed by atoms with E-state index in [9.17, 15) is 9.50 Å². The van der Waals surface area contributed by atoms with E-state index in [1.807, 2.05) is 34.7 Å². The topological polar surface area (TPSA) is 33.1 Å². The van der Waals surface area contributed by atoms with Crippen LogP contribution in [0.25, 0.3) is 0 Å². The number of rotatable bonds is 3. The Morgan fingerprint density at radius 2 is 1.94 bits per heavy atom. The molecule has 0 bridgehead atoms. The van der Waals surface area contributed by atoms with E-state index < -0.39 is 6.10 Å². The van der Waals surface area contributed by atoms with E-state index in [1.54, 1.807) is 18.5 Å². The molecule has 0 saturated carbocycles. The fourth-order valence-electron chi connectivity index (χ4n) is 1.62. The van der Waals surface area contributed by atoms with Gasteiger partial charge in [0, 0.05) is 22.4 Å². The van der Waals surface area contributed by atoms with Crippen LogP contribution in [0.5, 0.6) is 0 Å². The van der Waals surface area contributed by atoms with E-state index in [2.05, 4.69) is 4.98 Å². The Bertz CT molecular complexity index is 504. The summed E-state index contributed by atoms with van der Waals surface area (Å²) in [4.78, 5) is 3.92. The molecule has 0 aliphatic heterocycles. The second-order valence-corrected chi connectivity index (χ2v) is 4.90. The predicted molar refractivity (Wildman–Crippen MR) is 72.0 cm³/mol. The molecule has 0 aliphatic carbocycles. The molecule has 1 atom stereocenters. The summed E-state index contributed by atoms with van der Waals surface area (Å²) in [7, 11) is 0. The van der Waals surface area contributed by atoms with Crippen molar-refractivity contribution in [1.29, 1.82) is 0 Å². The maximum Gasteiger partial charge on any atom is 0.124 e. The Balaban J connectivity index is 2.17. The lowest BCUT2D eigenvalue weighted by atomic mass is 10.0. The average molecular weight is 343 g/mol. The molecule has 2 aromatic rings. The molecule has 0 spiro atoms. The summed E-state index contributed by atoms with van der Waals surface area (Å²) in [5.74, 6) is -0.283. The first-order valence-corrected chi connectivity index (χ1v) is 6.26. The third-order valence-electron chi connectivity index (χ3n) is 2.50. The van der Waals surface area contributed by atoms with Crippen molar-refractivity contribution in [2.45, 2.75) is 12.5 Å². The second kappa shape index (κ2) is 5.55. The number of pyridine rings is 1. The first-order valence-electron chi connectivity index (χ1n) is 5.19. The number of nitrogens with zero attached hydrogens (tertiary/aromatic N) is 1. The lowest BCUT2D eigenvalue weighted by Gasteiger charge is -2.12. The molecule has 1 aromatic heterocycles. The molecule has 17 heavy (non-hydrogen) atoms. The SMILES string of the molecule is OC(Cc1ccncc1)c1ccc(F)cc1I. The number of benzene rings is 1. The van der Waals surface area contributed by atoms with Crippen molar-refractivity contribution < 1.29 is 9.50 Å².